The zero-order valence-electron chi connectivity index (χ0n) is 7.10. The van der Waals surface area contributed by atoms with E-state index in [2.05, 4.69) is 9.47 Å². The fourth-order valence-electron chi connectivity index (χ4n) is 1.33. The van der Waals surface area contributed by atoms with Crippen LogP contribution < -0.4 is 0 Å². The van der Waals surface area contributed by atoms with E-state index in [0.717, 1.165) is 0 Å². The molecule has 7 nitrogen and oxygen atoms in total. The lowest BCUT2D eigenvalue weighted by molar-refractivity contribution is -0.0714. The van der Waals surface area contributed by atoms with E-state index in [1.165, 1.54) is 0 Å². The second kappa shape index (κ2) is 3.02. The molecule has 0 aliphatic carbocycles. The third-order valence-electron chi connectivity index (χ3n) is 2.17. The Morgan fingerprint density at radius 1 is 1.36 bits per heavy atom. The topological polar surface area (TPSA) is 91.3 Å². The van der Waals surface area contributed by atoms with Crippen LogP contribution in [-0.2, 0) is 18.9 Å². The lowest BCUT2D eigenvalue weighted by Gasteiger charge is -2.25. The number of aliphatic hydroxyl groups excluding tert-OH is 1. The quantitative estimate of drug-likeness (QED) is 0.601. The molecule has 0 aromatic rings. The molecule has 0 aromatic carbocycles. The van der Waals surface area contributed by atoms with Gasteiger partial charge in [-0.1, -0.05) is 0 Å². The summed E-state index contributed by atoms with van der Waals surface area (Å²) in [5.74, 6) is 0. The maximum atomic E-state index is 10.7. The molecule has 0 aromatic heterocycles. The molecule has 2 rings (SSSR count). The monoisotopic (exact) mass is 204 g/mol. The Hall–Kier alpha value is -1.50. The fraction of sp³-hybridized carbons (Fsp3) is 0.714. The van der Waals surface area contributed by atoms with E-state index < -0.39 is 30.6 Å². The zero-order valence-corrected chi connectivity index (χ0v) is 7.10. The first kappa shape index (κ1) is 9.07. The minimum atomic E-state index is -1.32. The van der Waals surface area contributed by atoms with Crippen LogP contribution in [0.1, 0.15) is 0 Å². The molecule has 7 heteroatoms. The summed E-state index contributed by atoms with van der Waals surface area (Å²) in [7, 11) is 0. The Bertz CT molecular complexity index is 275. The van der Waals surface area contributed by atoms with Crippen LogP contribution in [0.5, 0.6) is 0 Å². The molecule has 2 saturated heterocycles. The molecule has 14 heavy (non-hydrogen) atoms. The van der Waals surface area contributed by atoms with Crippen molar-refractivity contribution in [3.63, 3.8) is 0 Å². The van der Waals surface area contributed by atoms with Crippen molar-refractivity contribution in [3.8, 4) is 0 Å². The predicted octanol–water partition coefficient (Wildman–Crippen LogP) is -0.580. The van der Waals surface area contributed by atoms with Gasteiger partial charge in [-0.25, -0.2) is 9.59 Å². The summed E-state index contributed by atoms with van der Waals surface area (Å²) in [6.07, 6.45) is -2.54. The summed E-state index contributed by atoms with van der Waals surface area (Å²) in [4.78, 5) is 21.4. The van der Waals surface area contributed by atoms with E-state index >= 15 is 0 Å². The van der Waals surface area contributed by atoms with Crippen LogP contribution in [-0.4, -0.2) is 48.9 Å². The summed E-state index contributed by atoms with van der Waals surface area (Å²) >= 11 is 0. The SMILES string of the molecule is O=C1OCC(C2(CO)COC(=O)O2)O1. The van der Waals surface area contributed by atoms with E-state index in [-0.39, 0.29) is 13.2 Å². The van der Waals surface area contributed by atoms with Gasteiger partial charge in [0.1, 0.15) is 13.2 Å². The molecule has 2 atom stereocenters. The Morgan fingerprint density at radius 2 is 2.14 bits per heavy atom. The van der Waals surface area contributed by atoms with E-state index in [1.54, 1.807) is 0 Å². The number of aliphatic hydroxyl groups is 1. The van der Waals surface area contributed by atoms with E-state index in [1.807, 2.05) is 0 Å². The van der Waals surface area contributed by atoms with Gasteiger partial charge in [-0.15, -0.1) is 0 Å². The van der Waals surface area contributed by atoms with Crippen LogP contribution in [0.15, 0.2) is 0 Å². The number of carbonyl (C=O) groups is 2. The van der Waals surface area contributed by atoms with Crippen LogP contribution in [0.4, 0.5) is 9.59 Å². The van der Waals surface area contributed by atoms with Gasteiger partial charge < -0.3 is 24.1 Å². The smallest absolute Gasteiger partial charge is 0.430 e. The lowest BCUT2D eigenvalue weighted by Crippen LogP contribution is -2.49. The number of ether oxygens (including phenoxy) is 4. The highest BCUT2D eigenvalue weighted by molar-refractivity contribution is 5.65. The molecule has 0 amide bonds. The van der Waals surface area contributed by atoms with Crippen LogP contribution in [0.3, 0.4) is 0 Å². The molecule has 2 unspecified atom stereocenters. The number of cyclic esters (lactones) is 4. The average Bonchev–Trinajstić information content (AvgIpc) is 2.73. The summed E-state index contributed by atoms with van der Waals surface area (Å²) in [5.41, 5.74) is -1.32. The van der Waals surface area contributed by atoms with E-state index in [9.17, 15) is 9.59 Å². The maximum absolute atomic E-state index is 10.7. The van der Waals surface area contributed by atoms with Crippen molar-refractivity contribution in [2.75, 3.05) is 19.8 Å². The Balaban J connectivity index is 2.12. The van der Waals surface area contributed by atoms with Crippen LogP contribution in [0.25, 0.3) is 0 Å². The highest BCUT2D eigenvalue weighted by Gasteiger charge is 2.53. The van der Waals surface area contributed by atoms with Crippen molar-refractivity contribution >= 4 is 12.3 Å². The van der Waals surface area contributed by atoms with Crippen molar-refractivity contribution in [2.24, 2.45) is 0 Å². The van der Waals surface area contributed by atoms with Crippen LogP contribution in [0.2, 0.25) is 0 Å². The van der Waals surface area contributed by atoms with Crippen molar-refractivity contribution in [2.45, 2.75) is 11.7 Å². The zero-order chi connectivity index (χ0) is 10.2. The molecule has 2 heterocycles. The standard InChI is InChI=1S/C7H8O7/c8-2-7(3-12-6(10)14-7)4-1-11-5(9)13-4/h4,8H,1-3H2. The molecule has 0 bridgehead atoms. The normalized spacial score (nSPS) is 35.9. The molecule has 0 saturated carbocycles. The van der Waals surface area contributed by atoms with Crippen molar-refractivity contribution in [1.29, 1.82) is 0 Å². The Labute approximate surface area is 78.5 Å². The van der Waals surface area contributed by atoms with Gasteiger partial charge in [0.2, 0.25) is 5.60 Å². The highest BCUT2D eigenvalue weighted by Crippen LogP contribution is 2.28. The van der Waals surface area contributed by atoms with E-state index in [4.69, 9.17) is 14.6 Å². The van der Waals surface area contributed by atoms with Gasteiger partial charge >= 0.3 is 12.3 Å². The molecule has 2 aliphatic rings. The predicted molar refractivity (Wildman–Crippen MR) is 38.5 cm³/mol. The van der Waals surface area contributed by atoms with Crippen molar-refractivity contribution in [1.82, 2.24) is 0 Å². The van der Waals surface area contributed by atoms with Gasteiger partial charge in [-0.05, 0) is 0 Å². The largest absolute Gasteiger partial charge is 0.509 e. The average molecular weight is 204 g/mol. The van der Waals surface area contributed by atoms with Gasteiger partial charge in [0.25, 0.3) is 0 Å². The molecular weight excluding hydrogens is 196 g/mol. The number of hydrogen-bond acceptors (Lipinski definition) is 7. The molecule has 2 aliphatic heterocycles. The third kappa shape index (κ3) is 1.25. The molecule has 2 fully saturated rings. The minimum Gasteiger partial charge on any atom is -0.430 e. The summed E-state index contributed by atoms with van der Waals surface area (Å²) in [5, 5.41) is 9.08. The van der Waals surface area contributed by atoms with Gasteiger partial charge in [0, 0.05) is 0 Å². The third-order valence-corrected chi connectivity index (χ3v) is 2.17. The first-order chi connectivity index (χ1) is 6.66. The Kier molecular flexibility index (Phi) is 1.95. The molecule has 0 radical (unpaired) electrons. The summed E-state index contributed by atoms with van der Waals surface area (Å²) in [6.45, 7) is -0.695. The highest BCUT2D eigenvalue weighted by atomic mass is 16.8. The molecular formula is C7H8O7. The van der Waals surface area contributed by atoms with Gasteiger partial charge in [-0.2, -0.15) is 0 Å². The van der Waals surface area contributed by atoms with Gasteiger partial charge in [-0.3, -0.25) is 0 Å². The van der Waals surface area contributed by atoms with Crippen molar-refractivity contribution in [3.05, 3.63) is 0 Å². The Morgan fingerprint density at radius 3 is 2.57 bits per heavy atom. The number of carbonyl (C=O) groups excluding carboxylic acids is 2. The molecule has 1 N–H and O–H groups in total. The summed E-state index contributed by atoms with van der Waals surface area (Å²) in [6, 6.07) is 0. The second-order valence-corrected chi connectivity index (χ2v) is 3.03. The van der Waals surface area contributed by atoms with Crippen LogP contribution >= 0.6 is 0 Å². The maximum Gasteiger partial charge on any atom is 0.509 e. The number of hydrogen-bond donors (Lipinski definition) is 1. The summed E-state index contributed by atoms with van der Waals surface area (Å²) < 4.78 is 18.5. The lowest BCUT2D eigenvalue weighted by atomic mass is 10.00. The minimum absolute atomic E-state index is 0.0595. The number of rotatable bonds is 2. The second-order valence-electron chi connectivity index (χ2n) is 3.03. The fourth-order valence-corrected chi connectivity index (χ4v) is 1.33. The first-order valence-corrected chi connectivity index (χ1v) is 3.96. The first-order valence-electron chi connectivity index (χ1n) is 3.96. The van der Waals surface area contributed by atoms with Crippen LogP contribution in [0, 0.1) is 0 Å². The molecule has 0 spiro atoms. The van der Waals surface area contributed by atoms with Gasteiger partial charge in [0.15, 0.2) is 6.10 Å². The van der Waals surface area contributed by atoms with E-state index in [0.29, 0.717) is 0 Å². The molecule has 78 valence electrons. The van der Waals surface area contributed by atoms with Gasteiger partial charge in [0.05, 0.1) is 6.61 Å². The van der Waals surface area contributed by atoms with Crippen molar-refractivity contribution < 1.29 is 33.6 Å².